The fraction of sp³-hybridized carbons (Fsp3) is 1.00. The van der Waals surface area contributed by atoms with Crippen molar-refractivity contribution in [3.05, 3.63) is 0 Å². The van der Waals surface area contributed by atoms with E-state index in [0.29, 0.717) is 12.0 Å². The summed E-state index contributed by atoms with van der Waals surface area (Å²) in [6.07, 6.45) is 6.19. The van der Waals surface area contributed by atoms with Crippen molar-refractivity contribution in [2.24, 2.45) is 11.3 Å². The van der Waals surface area contributed by atoms with E-state index in [1.54, 1.807) is 0 Å². The van der Waals surface area contributed by atoms with Crippen LogP contribution in [0.2, 0.25) is 0 Å². The molecular formula is C13H27NO2. The van der Waals surface area contributed by atoms with Gasteiger partial charge < -0.3 is 15.5 Å². The molecular weight excluding hydrogens is 202 g/mol. The number of aliphatic hydroxyl groups excluding tert-OH is 2. The van der Waals surface area contributed by atoms with Gasteiger partial charge in [-0.1, -0.05) is 33.1 Å². The van der Waals surface area contributed by atoms with Crippen LogP contribution in [-0.2, 0) is 0 Å². The van der Waals surface area contributed by atoms with Gasteiger partial charge in [-0.05, 0) is 24.2 Å². The van der Waals surface area contributed by atoms with E-state index >= 15 is 0 Å². The quantitative estimate of drug-likeness (QED) is 0.647. The predicted molar refractivity (Wildman–Crippen MR) is 66.3 cm³/mol. The number of aliphatic hydroxyl groups is 2. The zero-order valence-electron chi connectivity index (χ0n) is 10.7. The van der Waals surface area contributed by atoms with E-state index in [1.807, 2.05) is 0 Å². The van der Waals surface area contributed by atoms with Crippen LogP contribution in [0, 0.1) is 11.3 Å². The van der Waals surface area contributed by atoms with Crippen LogP contribution in [0.25, 0.3) is 0 Å². The maximum absolute atomic E-state index is 9.25. The molecule has 1 unspecified atom stereocenters. The van der Waals surface area contributed by atoms with Gasteiger partial charge in [-0.2, -0.15) is 0 Å². The second-order valence-corrected chi connectivity index (χ2v) is 5.79. The Morgan fingerprint density at radius 1 is 1.25 bits per heavy atom. The molecule has 0 radical (unpaired) electrons. The molecule has 1 atom stereocenters. The first-order chi connectivity index (χ1) is 7.56. The normalized spacial score (nSPS) is 21.0. The molecule has 0 amide bonds. The van der Waals surface area contributed by atoms with Crippen molar-refractivity contribution >= 4 is 0 Å². The summed E-state index contributed by atoms with van der Waals surface area (Å²) < 4.78 is 0. The average Bonchev–Trinajstić information content (AvgIpc) is 2.30. The molecule has 1 fully saturated rings. The fourth-order valence-corrected chi connectivity index (χ4v) is 2.65. The first-order valence-electron chi connectivity index (χ1n) is 6.56. The first kappa shape index (κ1) is 13.9. The van der Waals surface area contributed by atoms with Gasteiger partial charge in [0.1, 0.15) is 0 Å². The minimum atomic E-state index is -0.623. The highest BCUT2D eigenvalue weighted by Gasteiger charge is 2.30. The summed E-state index contributed by atoms with van der Waals surface area (Å²) in [7, 11) is 0. The predicted octanol–water partition coefficient (Wildman–Crippen LogP) is 1.54. The lowest BCUT2D eigenvalue weighted by Gasteiger charge is -2.37. The Balaban J connectivity index is 2.26. The summed E-state index contributed by atoms with van der Waals surface area (Å²) in [5.74, 6) is 0.806. The SMILES string of the molecule is CC(C)(CNCC(O)CO)C1CCCCC1. The van der Waals surface area contributed by atoms with Crippen molar-refractivity contribution < 1.29 is 10.2 Å². The van der Waals surface area contributed by atoms with E-state index in [0.717, 1.165) is 12.5 Å². The largest absolute Gasteiger partial charge is 0.394 e. The van der Waals surface area contributed by atoms with Gasteiger partial charge >= 0.3 is 0 Å². The monoisotopic (exact) mass is 229 g/mol. The highest BCUT2D eigenvalue weighted by atomic mass is 16.3. The van der Waals surface area contributed by atoms with Crippen LogP contribution in [0.5, 0.6) is 0 Å². The van der Waals surface area contributed by atoms with E-state index < -0.39 is 6.10 Å². The van der Waals surface area contributed by atoms with Crippen LogP contribution in [0.1, 0.15) is 46.0 Å². The molecule has 3 N–H and O–H groups in total. The van der Waals surface area contributed by atoms with Gasteiger partial charge in [-0.15, -0.1) is 0 Å². The Bertz CT molecular complexity index is 188. The molecule has 0 spiro atoms. The molecule has 0 bridgehead atoms. The van der Waals surface area contributed by atoms with Gasteiger partial charge in [0.25, 0.3) is 0 Å². The van der Waals surface area contributed by atoms with Crippen LogP contribution >= 0.6 is 0 Å². The Morgan fingerprint density at radius 2 is 1.88 bits per heavy atom. The summed E-state index contributed by atoms with van der Waals surface area (Å²) in [5, 5.41) is 21.2. The highest BCUT2D eigenvalue weighted by molar-refractivity contribution is 4.83. The van der Waals surface area contributed by atoms with Crippen molar-refractivity contribution in [2.75, 3.05) is 19.7 Å². The number of hydrogen-bond donors (Lipinski definition) is 3. The van der Waals surface area contributed by atoms with Crippen molar-refractivity contribution in [3.8, 4) is 0 Å². The molecule has 1 aliphatic carbocycles. The van der Waals surface area contributed by atoms with E-state index in [4.69, 9.17) is 5.11 Å². The standard InChI is InChI=1S/C13H27NO2/c1-13(2,10-14-8-12(16)9-15)11-6-4-3-5-7-11/h11-12,14-16H,3-10H2,1-2H3. The Hall–Kier alpha value is -0.120. The molecule has 3 nitrogen and oxygen atoms in total. The van der Waals surface area contributed by atoms with E-state index in [1.165, 1.54) is 32.1 Å². The topological polar surface area (TPSA) is 52.5 Å². The van der Waals surface area contributed by atoms with Crippen LogP contribution in [0.15, 0.2) is 0 Å². The van der Waals surface area contributed by atoms with Gasteiger partial charge in [-0.3, -0.25) is 0 Å². The van der Waals surface area contributed by atoms with Gasteiger partial charge in [0, 0.05) is 13.1 Å². The molecule has 0 aliphatic heterocycles. The third-order valence-corrected chi connectivity index (χ3v) is 3.88. The zero-order valence-corrected chi connectivity index (χ0v) is 10.7. The maximum Gasteiger partial charge on any atom is 0.0894 e. The Labute approximate surface area is 99.3 Å². The molecule has 0 saturated heterocycles. The maximum atomic E-state index is 9.25. The Morgan fingerprint density at radius 3 is 2.44 bits per heavy atom. The zero-order chi connectivity index (χ0) is 12.0. The van der Waals surface area contributed by atoms with Gasteiger partial charge in [0.15, 0.2) is 0 Å². The number of nitrogens with one attached hydrogen (secondary N) is 1. The average molecular weight is 229 g/mol. The van der Waals surface area contributed by atoms with Crippen LogP contribution in [0.4, 0.5) is 0 Å². The smallest absolute Gasteiger partial charge is 0.0894 e. The molecule has 0 aromatic carbocycles. The van der Waals surface area contributed by atoms with Gasteiger partial charge in [0.2, 0.25) is 0 Å². The van der Waals surface area contributed by atoms with Crippen LogP contribution in [0.3, 0.4) is 0 Å². The van der Waals surface area contributed by atoms with E-state index in [-0.39, 0.29) is 6.61 Å². The lowest BCUT2D eigenvalue weighted by atomic mass is 9.71. The minimum absolute atomic E-state index is 0.156. The fourth-order valence-electron chi connectivity index (χ4n) is 2.65. The lowest BCUT2D eigenvalue weighted by molar-refractivity contribution is 0.0863. The number of rotatable bonds is 6. The van der Waals surface area contributed by atoms with Crippen LogP contribution in [-0.4, -0.2) is 36.0 Å². The summed E-state index contributed by atoms with van der Waals surface area (Å²) >= 11 is 0. The van der Waals surface area contributed by atoms with Gasteiger partial charge in [0.05, 0.1) is 12.7 Å². The van der Waals surface area contributed by atoms with Crippen molar-refractivity contribution in [2.45, 2.75) is 52.1 Å². The minimum Gasteiger partial charge on any atom is -0.394 e. The molecule has 1 rings (SSSR count). The molecule has 0 aromatic rings. The summed E-state index contributed by atoms with van der Waals surface area (Å²) in [5.41, 5.74) is 0.301. The Kier molecular flexibility index (Phi) is 5.73. The van der Waals surface area contributed by atoms with Crippen molar-refractivity contribution in [1.82, 2.24) is 5.32 Å². The van der Waals surface area contributed by atoms with E-state index in [2.05, 4.69) is 19.2 Å². The molecule has 0 aromatic heterocycles. The third-order valence-electron chi connectivity index (χ3n) is 3.88. The summed E-state index contributed by atoms with van der Waals surface area (Å²) in [6.45, 7) is 5.88. The van der Waals surface area contributed by atoms with Crippen molar-refractivity contribution in [1.29, 1.82) is 0 Å². The third kappa shape index (κ3) is 4.40. The van der Waals surface area contributed by atoms with Crippen molar-refractivity contribution in [3.63, 3.8) is 0 Å². The molecule has 1 aliphatic rings. The van der Waals surface area contributed by atoms with Gasteiger partial charge in [-0.25, -0.2) is 0 Å². The highest BCUT2D eigenvalue weighted by Crippen LogP contribution is 2.37. The molecule has 16 heavy (non-hydrogen) atoms. The second kappa shape index (κ2) is 6.58. The molecule has 0 heterocycles. The molecule has 1 saturated carbocycles. The first-order valence-corrected chi connectivity index (χ1v) is 6.56. The lowest BCUT2D eigenvalue weighted by Crippen LogP contribution is -2.40. The van der Waals surface area contributed by atoms with Crippen LogP contribution < -0.4 is 5.32 Å². The molecule has 96 valence electrons. The molecule has 3 heteroatoms. The summed E-state index contributed by atoms with van der Waals surface area (Å²) in [4.78, 5) is 0. The second-order valence-electron chi connectivity index (χ2n) is 5.79. The number of hydrogen-bond acceptors (Lipinski definition) is 3. The summed E-state index contributed by atoms with van der Waals surface area (Å²) in [6, 6.07) is 0. The van der Waals surface area contributed by atoms with E-state index in [9.17, 15) is 5.11 Å².